The van der Waals surface area contributed by atoms with Crippen molar-refractivity contribution in [1.82, 2.24) is 19.8 Å². The number of rotatable bonds is 4. The fourth-order valence-electron chi connectivity index (χ4n) is 3.16. The third kappa shape index (κ3) is 3.40. The second-order valence-corrected chi connectivity index (χ2v) is 6.87. The zero-order valence-electron chi connectivity index (χ0n) is 14.6. The number of urea groups is 1. The average molecular weight is 360 g/mol. The Kier molecular flexibility index (Phi) is 4.67. The van der Waals surface area contributed by atoms with Crippen LogP contribution < -0.4 is 5.32 Å². The molecule has 2 unspecified atom stereocenters. The molecule has 0 bridgehead atoms. The van der Waals surface area contributed by atoms with Gasteiger partial charge in [-0.1, -0.05) is 12.1 Å². The highest BCUT2D eigenvalue weighted by Gasteiger charge is 2.42. The molecule has 7 nitrogen and oxygen atoms in total. The summed E-state index contributed by atoms with van der Waals surface area (Å²) in [4.78, 5) is 29.9. The molecule has 3 rings (SSSR count). The highest BCUT2D eigenvalue weighted by atomic mass is 19.1. The summed E-state index contributed by atoms with van der Waals surface area (Å²) >= 11 is 0. The third-order valence-electron chi connectivity index (χ3n) is 4.84. The Bertz CT molecular complexity index is 837. The lowest BCUT2D eigenvalue weighted by molar-refractivity contribution is -0.147. The number of benzene rings is 1. The molecule has 2 amide bonds. The molecule has 2 N–H and O–H groups in total. The Labute approximate surface area is 150 Å². The van der Waals surface area contributed by atoms with E-state index in [0.29, 0.717) is 24.4 Å². The van der Waals surface area contributed by atoms with Gasteiger partial charge in [0.25, 0.3) is 0 Å². The van der Waals surface area contributed by atoms with Gasteiger partial charge in [0.05, 0.1) is 5.41 Å². The molecule has 0 saturated carbocycles. The van der Waals surface area contributed by atoms with Gasteiger partial charge in [0.1, 0.15) is 17.7 Å². The Balaban J connectivity index is 1.84. The molecule has 1 saturated heterocycles. The average Bonchev–Trinajstić information content (AvgIpc) is 3.19. The zero-order chi connectivity index (χ0) is 18.9. The van der Waals surface area contributed by atoms with Crippen LogP contribution in [0.4, 0.5) is 9.18 Å². The van der Waals surface area contributed by atoms with E-state index in [2.05, 4.69) is 10.3 Å². The molecule has 2 heterocycles. The number of aryl methyl sites for hydroxylation is 1. The molecule has 26 heavy (non-hydrogen) atoms. The molecule has 1 fully saturated rings. The normalized spacial score (nSPS) is 20.8. The second-order valence-electron chi connectivity index (χ2n) is 6.87. The number of carboxylic acids is 1. The maximum absolute atomic E-state index is 13.7. The molecular weight excluding hydrogens is 339 g/mol. The van der Waals surface area contributed by atoms with Crippen molar-refractivity contribution >= 4 is 12.0 Å². The number of nitrogens with zero attached hydrogens (tertiary/aromatic N) is 3. The van der Waals surface area contributed by atoms with Crippen LogP contribution in [0, 0.1) is 11.2 Å². The van der Waals surface area contributed by atoms with Crippen LogP contribution in [0.15, 0.2) is 36.7 Å². The van der Waals surface area contributed by atoms with Gasteiger partial charge in [-0.2, -0.15) is 0 Å². The fourth-order valence-corrected chi connectivity index (χ4v) is 3.16. The molecule has 2 atom stereocenters. The molecule has 1 aromatic carbocycles. The molecule has 138 valence electrons. The van der Waals surface area contributed by atoms with Gasteiger partial charge in [-0.3, -0.25) is 4.79 Å². The first-order chi connectivity index (χ1) is 12.3. The maximum atomic E-state index is 13.7. The van der Waals surface area contributed by atoms with Crippen LogP contribution in [0.25, 0.3) is 0 Å². The van der Waals surface area contributed by atoms with Crippen molar-refractivity contribution < 1.29 is 19.1 Å². The van der Waals surface area contributed by atoms with Crippen LogP contribution in [0.5, 0.6) is 0 Å². The van der Waals surface area contributed by atoms with Gasteiger partial charge in [-0.05, 0) is 31.0 Å². The largest absolute Gasteiger partial charge is 0.481 e. The van der Waals surface area contributed by atoms with E-state index in [1.165, 1.54) is 17.0 Å². The minimum atomic E-state index is -0.949. The van der Waals surface area contributed by atoms with Crippen molar-refractivity contribution in [3.8, 4) is 0 Å². The first kappa shape index (κ1) is 17.9. The number of carbonyl (C=O) groups excluding carboxylic acids is 1. The number of hydrogen-bond acceptors (Lipinski definition) is 3. The zero-order valence-corrected chi connectivity index (χ0v) is 14.6. The van der Waals surface area contributed by atoms with Gasteiger partial charge < -0.3 is 19.9 Å². The lowest BCUT2D eigenvalue weighted by Crippen LogP contribution is -2.43. The summed E-state index contributed by atoms with van der Waals surface area (Å²) in [7, 11) is 1.79. The van der Waals surface area contributed by atoms with Crippen LogP contribution in [0.3, 0.4) is 0 Å². The van der Waals surface area contributed by atoms with Crippen LogP contribution in [0.2, 0.25) is 0 Å². The smallest absolute Gasteiger partial charge is 0.318 e. The Morgan fingerprint density at radius 3 is 2.77 bits per heavy atom. The molecule has 1 aliphatic rings. The molecular formula is C18H21FN4O3. The van der Waals surface area contributed by atoms with E-state index in [0.717, 1.165) is 0 Å². The highest BCUT2D eigenvalue weighted by molar-refractivity contribution is 5.79. The number of amides is 2. The topological polar surface area (TPSA) is 87.5 Å². The first-order valence-corrected chi connectivity index (χ1v) is 8.32. The van der Waals surface area contributed by atoms with E-state index in [1.807, 2.05) is 0 Å². The number of imidazole rings is 1. The van der Waals surface area contributed by atoms with Crippen molar-refractivity contribution in [3.63, 3.8) is 0 Å². The van der Waals surface area contributed by atoms with E-state index < -0.39 is 29.3 Å². The summed E-state index contributed by atoms with van der Waals surface area (Å²) in [5, 5.41) is 12.2. The highest BCUT2D eigenvalue weighted by Crippen LogP contribution is 2.30. The number of nitrogens with one attached hydrogen (secondary N) is 1. The molecule has 1 aromatic heterocycles. The van der Waals surface area contributed by atoms with Crippen molar-refractivity contribution in [2.45, 2.75) is 19.4 Å². The van der Waals surface area contributed by atoms with Gasteiger partial charge in [0, 0.05) is 32.5 Å². The summed E-state index contributed by atoms with van der Waals surface area (Å²) in [5.41, 5.74) is -0.387. The number of carboxylic acid groups (broad SMARTS) is 1. The Hall–Kier alpha value is -2.90. The van der Waals surface area contributed by atoms with E-state index in [1.54, 1.807) is 43.1 Å². The van der Waals surface area contributed by atoms with Gasteiger partial charge in [-0.25, -0.2) is 14.2 Å². The lowest BCUT2D eigenvalue weighted by Gasteiger charge is -2.24. The minimum Gasteiger partial charge on any atom is -0.481 e. The number of aliphatic carboxylic acids is 1. The predicted octanol–water partition coefficient (Wildman–Crippen LogP) is 2.15. The maximum Gasteiger partial charge on any atom is 0.318 e. The number of halogens is 1. The fraction of sp³-hybridized carbons (Fsp3) is 0.389. The van der Waals surface area contributed by atoms with Crippen LogP contribution in [-0.4, -0.2) is 44.6 Å². The molecule has 0 spiro atoms. The van der Waals surface area contributed by atoms with E-state index in [4.69, 9.17) is 0 Å². The summed E-state index contributed by atoms with van der Waals surface area (Å²) in [6.07, 6.45) is 3.74. The molecule has 1 aliphatic heterocycles. The van der Waals surface area contributed by atoms with Gasteiger partial charge in [0.15, 0.2) is 0 Å². The minimum absolute atomic E-state index is 0.130. The summed E-state index contributed by atoms with van der Waals surface area (Å²) < 4.78 is 15.4. The van der Waals surface area contributed by atoms with Crippen LogP contribution in [-0.2, 0) is 11.8 Å². The van der Waals surface area contributed by atoms with Crippen molar-refractivity contribution in [2.24, 2.45) is 12.5 Å². The Morgan fingerprint density at radius 2 is 2.19 bits per heavy atom. The monoisotopic (exact) mass is 360 g/mol. The third-order valence-corrected chi connectivity index (χ3v) is 4.84. The molecule has 8 heteroatoms. The number of carbonyl (C=O) groups is 2. The molecule has 0 radical (unpaired) electrons. The standard InChI is InChI=1S/C18H21FN4O3/c1-18(16(24)25)6-8-23(11-18)17(26)21-14(15-20-7-9-22(15)2)12-4-3-5-13(19)10-12/h3-5,7,9-10,14H,6,8,11H2,1-2H3,(H,21,26)(H,24,25). The SMILES string of the molecule is Cn1ccnc1C(NC(=O)N1CCC(C)(C(=O)O)C1)c1cccc(F)c1. The van der Waals surface area contributed by atoms with Gasteiger partial charge in [0.2, 0.25) is 0 Å². The quantitative estimate of drug-likeness (QED) is 0.875. The number of aromatic nitrogens is 2. The number of hydrogen-bond donors (Lipinski definition) is 2. The second kappa shape index (κ2) is 6.78. The van der Waals surface area contributed by atoms with Crippen LogP contribution >= 0.6 is 0 Å². The van der Waals surface area contributed by atoms with E-state index in [-0.39, 0.29) is 6.54 Å². The van der Waals surface area contributed by atoms with Crippen molar-refractivity contribution in [1.29, 1.82) is 0 Å². The van der Waals surface area contributed by atoms with Crippen molar-refractivity contribution in [2.75, 3.05) is 13.1 Å². The molecule has 2 aromatic rings. The van der Waals surface area contributed by atoms with Gasteiger partial charge >= 0.3 is 12.0 Å². The lowest BCUT2D eigenvalue weighted by atomic mass is 9.90. The molecule has 0 aliphatic carbocycles. The first-order valence-electron chi connectivity index (χ1n) is 8.32. The van der Waals surface area contributed by atoms with Crippen LogP contribution in [0.1, 0.15) is 30.8 Å². The Morgan fingerprint density at radius 1 is 1.42 bits per heavy atom. The summed E-state index contributed by atoms with van der Waals surface area (Å²) in [5.74, 6) is -0.765. The van der Waals surface area contributed by atoms with Crippen molar-refractivity contribution in [3.05, 3.63) is 53.9 Å². The predicted molar refractivity (Wildman–Crippen MR) is 91.9 cm³/mol. The number of likely N-dealkylation sites (tertiary alicyclic amines) is 1. The van der Waals surface area contributed by atoms with Gasteiger partial charge in [-0.15, -0.1) is 0 Å². The van der Waals surface area contributed by atoms with E-state index >= 15 is 0 Å². The summed E-state index contributed by atoms with van der Waals surface area (Å²) in [6, 6.07) is 4.94. The summed E-state index contributed by atoms with van der Waals surface area (Å²) in [6.45, 7) is 2.11. The van der Waals surface area contributed by atoms with E-state index in [9.17, 15) is 19.1 Å².